The molecule has 3 rings (SSSR count). The van der Waals surface area contributed by atoms with E-state index in [0.29, 0.717) is 28.5 Å². The van der Waals surface area contributed by atoms with Gasteiger partial charge in [-0.25, -0.2) is 0 Å². The number of carbonyl (C=O) groups is 2. The number of benzene rings is 1. The highest BCUT2D eigenvalue weighted by Gasteiger charge is 2.18. The molecule has 0 saturated carbocycles. The molecule has 0 spiro atoms. The van der Waals surface area contributed by atoms with E-state index in [2.05, 4.69) is 20.8 Å². The Hall–Kier alpha value is -3.62. The van der Waals surface area contributed by atoms with Crippen molar-refractivity contribution in [2.24, 2.45) is 0 Å². The first-order chi connectivity index (χ1) is 13.4. The molecule has 1 aromatic carbocycles. The fourth-order valence-electron chi connectivity index (χ4n) is 2.62. The van der Waals surface area contributed by atoms with Gasteiger partial charge in [-0.2, -0.15) is 4.98 Å². The predicted molar refractivity (Wildman–Crippen MR) is 100 cm³/mol. The van der Waals surface area contributed by atoms with Crippen molar-refractivity contribution in [1.29, 1.82) is 0 Å². The van der Waals surface area contributed by atoms with Crippen LogP contribution in [-0.4, -0.2) is 29.1 Å². The maximum atomic E-state index is 12.4. The second kappa shape index (κ2) is 7.95. The zero-order valence-corrected chi connectivity index (χ0v) is 16.0. The lowest BCUT2D eigenvalue weighted by atomic mass is 10.1. The number of nitrogens with zero attached hydrogens (tertiary/aromatic N) is 2. The Kier molecular flexibility index (Phi) is 5.44. The van der Waals surface area contributed by atoms with Gasteiger partial charge in [-0.15, -0.1) is 0 Å². The van der Waals surface area contributed by atoms with Gasteiger partial charge in [-0.3, -0.25) is 14.9 Å². The molecule has 0 bridgehead atoms. The van der Waals surface area contributed by atoms with Crippen LogP contribution in [0.3, 0.4) is 0 Å². The second-order valence-corrected chi connectivity index (χ2v) is 6.22. The molecular formula is C19H20N4O5. The van der Waals surface area contributed by atoms with Crippen molar-refractivity contribution in [3.63, 3.8) is 0 Å². The molecule has 0 fully saturated rings. The molecule has 28 heavy (non-hydrogen) atoms. The minimum Gasteiger partial charge on any atom is -0.495 e. The highest BCUT2D eigenvalue weighted by atomic mass is 16.5. The van der Waals surface area contributed by atoms with E-state index in [1.807, 2.05) is 13.0 Å². The van der Waals surface area contributed by atoms with Crippen LogP contribution in [0.1, 0.15) is 33.1 Å². The standard InChI is InChI=1S/C19H20N4O5/c1-10-5-6-16(26-4)14(7-10)20-18(25)15-9-27-19(21-15)22-17(24)8-13-11(2)23-28-12(13)3/h5-7,9H,8H2,1-4H3,(H,20,25)(H,21,22,24). The number of nitrogens with one attached hydrogen (secondary N) is 2. The Morgan fingerprint density at radius 2 is 1.96 bits per heavy atom. The third-order valence-corrected chi connectivity index (χ3v) is 4.10. The molecule has 0 radical (unpaired) electrons. The van der Waals surface area contributed by atoms with Crippen LogP contribution in [0.2, 0.25) is 0 Å². The molecule has 2 aromatic heterocycles. The number of amides is 2. The van der Waals surface area contributed by atoms with Crippen molar-refractivity contribution in [1.82, 2.24) is 10.1 Å². The maximum absolute atomic E-state index is 12.4. The zero-order valence-electron chi connectivity index (χ0n) is 16.0. The van der Waals surface area contributed by atoms with E-state index in [1.54, 1.807) is 26.0 Å². The number of methoxy groups -OCH3 is 1. The van der Waals surface area contributed by atoms with Crippen LogP contribution in [0.4, 0.5) is 11.7 Å². The van der Waals surface area contributed by atoms with Crippen molar-refractivity contribution in [2.75, 3.05) is 17.7 Å². The lowest BCUT2D eigenvalue weighted by molar-refractivity contribution is -0.115. The van der Waals surface area contributed by atoms with Gasteiger partial charge in [0.2, 0.25) is 5.91 Å². The number of hydrogen-bond acceptors (Lipinski definition) is 7. The van der Waals surface area contributed by atoms with Gasteiger partial charge in [-0.1, -0.05) is 11.2 Å². The summed E-state index contributed by atoms with van der Waals surface area (Å²) in [5, 5.41) is 9.04. The van der Waals surface area contributed by atoms with Gasteiger partial charge >= 0.3 is 6.01 Å². The zero-order chi connectivity index (χ0) is 20.3. The van der Waals surface area contributed by atoms with Crippen molar-refractivity contribution in [2.45, 2.75) is 27.2 Å². The molecule has 2 amide bonds. The molecule has 2 heterocycles. The first-order valence-corrected chi connectivity index (χ1v) is 8.50. The number of anilines is 2. The second-order valence-electron chi connectivity index (χ2n) is 6.22. The number of rotatable bonds is 6. The highest BCUT2D eigenvalue weighted by molar-refractivity contribution is 6.04. The summed E-state index contributed by atoms with van der Waals surface area (Å²) >= 11 is 0. The van der Waals surface area contributed by atoms with Gasteiger partial charge in [0, 0.05) is 5.56 Å². The van der Waals surface area contributed by atoms with Gasteiger partial charge in [0.05, 0.1) is 24.9 Å². The highest BCUT2D eigenvalue weighted by Crippen LogP contribution is 2.25. The normalized spacial score (nSPS) is 10.6. The van der Waals surface area contributed by atoms with E-state index < -0.39 is 5.91 Å². The molecular weight excluding hydrogens is 364 g/mol. The third-order valence-electron chi connectivity index (χ3n) is 4.10. The summed E-state index contributed by atoms with van der Waals surface area (Å²) in [6.45, 7) is 5.39. The molecule has 2 N–H and O–H groups in total. The van der Waals surface area contributed by atoms with Crippen LogP contribution < -0.4 is 15.4 Å². The number of hydrogen-bond donors (Lipinski definition) is 2. The SMILES string of the molecule is COc1ccc(C)cc1NC(=O)c1coc(NC(=O)Cc2c(C)noc2C)n1. The molecule has 0 aliphatic carbocycles. The first kappa shape index (κ1) is 19.2. The average molecular weight is 384 g/mol. The average Bonchev–Trinajstić information content (AvgIpc) is 3.24. The minimum atomic E-state index is -0.487. The van der Waals surface area contributed by atoms with E-state index in [9.17, 15) is 9.59 Å². The first-order valence-electron chi connectivity index (χ1n) is 8.50. The summed E-state index contributed by atoms with van der Waals surface area (Å²) in [5.41, 5.74) is 2.85. The van der Waals surface area contributed by atoms with Crippen LogP contribution in [-0.2, 0) is 11.2 Å². The number of carbonyl (C=O) groups excluding carboxylic acids is 2. The smallest absolute Gasteiger partial charge is 0.302 e. The van der Waals surface area contributed by atoms with Crippen molar-refractivity contribution in [3.8, 4) is 5.75 Å². The van der Waals surface area contributed by atoms with E-state index >= 15 is 0 Å². The largest absolute Gasteiger partial charge is 0.495 e. The molecule has 9 heteroatoms. The number of oxazole rings is 1. The topological polar surface area (TPSA) is 119 Å². The van der Waals surface area contributed by atoms with Crippen LogP contribution in [0.15, 0.2) is 33.4 Å². The van der Waals surface area contributed by atoms with Crippen LogP contribution >= 0.6 is 0 Å². The van der Waals surface area contributed by atoms with E-state index in [4.69, 9.17) is 13.7 Å². The van der Waals surface area contributed by atoms with Gasteiger partial charge in [0.15, 0.2) is 5.69 Å². The van der Waals surface area contributed by atoms with Gasteiger partial charge in [0.1, 0.15) is 17.8 Å². The summed E-state index contributed by atoms with van der Waals surface area (Å²) < 4.78 is 15.4. The molecule has 0 saturated heterocycles. The van der Waals surface area contributed by atoms with Crippen molar-refractivity contribution < 1.29 is 23.3 Å². The molecule has 0 atom stereocenters. The molecule has 0 aliphatic heterocycles. The maximum Gasteiger partial charge on any atom is 0.302 e. The Labute approximate surface area is 161 Å². The summed E-state index contributed by atoms with van der Waals surface area (Å²) in [6.07, 6.45) is 1.23. The summed E-state index contributed by atoms with van der Waals surface area (Å²) in [4.78, 5) is 28.6. The summed E-state index contributed by atoms with van der Waals surface area (Å²) in [7, 11) is 1.52. The predicted octanol–water partition coefficient (Wildman–Crippen LogP) is 3.03. The van der Waals surface area contributed by atoms with Crippen LogP contribution in [0.25, 0.3) is 0 Å². The Morgan fingerprint density at radius 1 is 1.18 bits per heavy atom. The lowest BCUT2D eigenvalue weighted by Crippen LogP contribution is -2.16. The lowest BCUT2D eigenvalue weighted by Gasteiger charge is -2.09. The fraction of sp³-hybridized carbons (Fsp3) is 0.263. The molecule has 0 aliphatic rings. The third kappa shape index (κ3) is 4.20. The van der Waals surface area contributed by atoms with E-state index in [1.165, 1.54) is 13.4 Å². The monoisotopic (exact) mass is 384 g/mol. The number of aryl methyl sites for hydroxylation is 3. The van der Waals surface area contributed by atoms with Crippen molar-refractivity contribution in [3.05, 3.63) is 52.7 Å². The Morgan fingerprint density at radius 3 is 2.64 bits per heavy atom. The quantitative estimate of drug-likeness (QED) is 0.670. The van der Waals surface area contributed by atoms with Gasteiger partial charge in [0.25, 0.3) is 5.91 Å². The molecule has 146 valence electrons. The van der Waals surface area contributed by atoms with Gasteiger partial charge in [-0.05, 0) is 38.5 Å². The number of ether oxygens (including phenoxy) is 1. The molecule has 9 nitrogen and oxygen atoms in total. The van der Waals surface area contributed by atoms with E-state index in [0.717, 1.165) is 5.56 Å². The van der Waals surface area contributed by atoms with E-state index in [-0.39, 0.29) is 24.0 Å². The molecule has 0 unspecified atom stereocenters. The summed E-state index contributed by atoms with van der Waals surface area (Å²) in [6, 6.07) is 5.34. The summed E-state index contributed by atoms with van der Waals surface area (Å²) in [5.74, 6) is 0.255. The number of aromatic nitrogens is 2. The van der Waals surface area contributed by atoms with Crippen LogP contribution in [0, 0.1) is 20.8 Å². The van der Waals surface area contributed by atoms with Crippen molar-refractivity contribution >= 4 is 23.5 Å². The van der Waals surface area contributed by atoms with Crippen LogP contribution in [0.5, 0.6) is 5.75 Å². The minimum absolute atomic E-state index is 0.0243. The Balaban J connectivity index is 1.66. The molecule has 3 aromatic rings. The fourth-order valence-corrected chi connectivity index (χ4v) is 2.62. The Bertz CT molecular complexity index is 1000. The van der Waals surface area contributed by atoms with Gasteiger partial charge < -0.3 is 19.0 Å².